The van der Waals surface area contributed by atoms with Gasteiger partial charge >= 0.3 is 0 Å². The molecule has 2 rings (SSSR count). The third kappa shape index (κ3) is 5.39. The van der Waals surface area contributed by atoms with Crippen molar-refractivity contribution in [1.29, 1.82) is 0 Å². The molecule has 4 nitrogen and oxygen atoms in total. The number of carbonyl (C=O) groups excluding carboxylic acids is 1. The highest BCUT2D eigenvalue weighted by Gasteiger charge is 2.25. The Morgan fingerprint density at radius 3 is 2.86 bits per heavy atom. The summed E-state index contributed by atoms with van der Waals surface area (Å²) in [7, 11) is 0. The quantitative estimate of drug-likeness (QED) is 0.769. The molecule has 1 aromatic carbocycles. The average Bonchev–Trinajstić information content (AvgIpc) is 2.94. The summed E-state index contributed by atoms with van der Waals surface area (Å²) in [5.41, 5.74) is 1.02. The van der Waals surface area contributed by atoms with Crippen LogP contribution in [-0.4, -0.2) is 48.2 Å². The summed E-state index contributed by atoms with van der Waals surface area (Å²) in [6.45, 7) is 2.18. The first-order valence-electron chi connectivity index (χ1n) is 8.05. The van der Waals surface area contributed by atoms with Crippen LogP contribution >= 0.6 is 0 Å². The van der Waals surface area contributed by atoms with Crippen molar-refractivity contribution in [2.45, 2.75) is 38.1 Å². The summed E-state index contributed by atoms with van der Waals surface area (Å²) >= 11 is 0. The molecular formula is C17H25FN2O2. The molecule has 2 N–H and O–H groups in total. The Labute approximate surface area is 131 Å². The number of amides is 1. The molecular weight excluding hydrogens is 283 g/mol. The summed E-state index contributed by atoms with van der Waals surface area (Å²) in [6, 6.07) is 6.79. The van der Waals surface area contributed by atoms with E-state index in [9.17, 15) is 9.18 Å². The van der Waals surface area contributed by atoms with Crippen LogP contribution in [0.3, 0.4) is 0 Å². The first kappa shape index (κ1) is 16.9. The molecule has 1 heterocycles. The van der Waals surface area contributed by atoms with Crippen molar-refractivity contribution in [3.63, 3.8) is 0 Å². The molecule has 1 aromatic rings. The van der Waals surface area contributed by atoms with Crippen LogP contribution in [0.1, 0.15) is 31.2 Å². The van der Waals surface area contributed by atoms with Gasteiger partial charge in [0.25, 0.3) is 0 Å². The molecule has 1 saturated heterocycles. The largest absolute Gasteiger partial charge is 0.396 e. The van der Waals surface area contributed by atoms with Crippen LogP contribution in [0.5, 0.6) is 0 Å². The van der Waals surface area contributed by atoms with Crippen molar-refractivity contribution in [2.24, 2.45) is 0 Å². The van der Waals surface area contributed by atoms with Crippen molar-refractivity contribution in [3.8, 4) is 0 Å². The van der Waals surface area contributed by atoms with Crippen LogP contribution in [0.4, 0.5) is 4.39 Å². The number of carbonyl (C=O) groups is 1. The molecule has 5 heteroatoms. The number of hydrogen-bond donors (Lipinski definition) is 2. The molecule has 0 saturated carbocycles. The summed E-state index contributed by atoms with van der Waals surface area (Å²) in [4.78, 5) is 14.2. The molecule has 0 radical (unpaired) electrons. The van der Waals surface area contributed by atoms with Gasteiger partial charge in [0.05, 0.1) is 6.54 Å². The Kier molecular flexibility index (Phi) is 6.80. The Balaban J connectivity index is 1.67. The minimum Gasteiger partial charge on any atom is -0.396 e. The molecule has 1 unspecified atom stereocenters. The molecule has 0 aliphatic carbocycles. The number of nitrogens with zero attached hydrogens (tertiary/aromatic N) is 1. The molecule has 0 spiro atoms. The number of aliphatic hydroxyl groups excluding tert-OH is 1. The fourth-order valence-corrected chi connectivity index (χ4v) is 2.99. The lowest BCUT2D eigenvalue weighted by atomic mass is 10.1. The zero-order chi connectivity index (χ0) is 15.8. The zero-order valence-electron chi connectivity index (χ0n) is 12.9. The number of nitrogens with one attached hydrogen (secondary N) is 1. The van der Waals surface area contributed by atoms with Crippen LogP contribution in [0.2, 0.25) is 0 Å². The molecule has 1 fully saturated rings. The average molecular weight is 308 g/mol. The highest BCUT2D eigenvalue weighted by Crippen LogP contribution is 2.20. The molecule has 1 aliphatic rings. The summed E-state index contributed by atoms with van der Waals surface area (Å²) < 4.78 is 12.8. The smallest absolute Gasteiger partial charge is 0.234 e. The van der Waals surface area contributed by atoms with Crippen LogP contribution in [0.15, 0.2) is 24.3 Å². The van der Waals surface area contributed by atoms with Gasteiger partial charge in [0, 0.05) is 19.2 Å². The van der Waals surface area contributed by atoms with Gasteiger partial charge in [-0.25, -0.2) is 4.39 Å². The Hall–Kier alpha value is -1.46. The van der Waals surface area contributed by atoms with Crippen LogP contribution in [0.25, 0.3) is 0 Å². The highest BCUT2D eigenvalue weighted by atomic mass is 19.1. The molecule has 1 atom stereocenters. The first-order valence-corrected chi connectivity index (χ1v) is 8.05. The third-order valence-corrected chi connectivity index (χ3v) is 4.19. The third-order valence-electron chi connectivity index (χ3n) is 4.19. The van der Waals surface area contributed by atoms with E-state index < -0.39 is 0 Å². The minimum absolute atomic E-state index is 0.0398. The van der Waals surface area contributed by atoms with E-state index in [0.717, 1.165) is 37.8 Å². The topological polar surface area (TPSA) is 52.6 Å². The first-order chi connectivity index (χ1) is 10.7. The second-order valence-corrected chi connectivity index (χ2v) is 5.86. The standard InChI is InChI=1S/C17H25FN2O2/c18-15-7-5-14(6-8-15)9-10-19-17(22)13-20-11-1-3-16(20)4-2-12-21/h5-8,16,21H,1-4,9-13H2,(H,19,22). The lowest BCUT2D eigenvalue weighted by Gasteiger charge is -2.23. The van der Waals surface area contributed by atoms with Crippen molar-refractivity contribution in [1.82, 2.24) is 10.2 Å². The van der Waals surface area contributed by atoms with E-state index in [2.05, 4.69) is 10.2 Å². The summed E-state index contributed by atoms with van der Waals surface area (Å²) in [6.07, 6.45) is 4.70. The summed E-state index contributed by atoms with van der Waals surface area (Å²) in [5.74, 6) is -0.200. The Morgan fingerprint density at radius 2 is 2.14 bits per heavy atom. The predicted octanol–water partition coefficient (Wildman–Crippen LogP) is 1.72. The minimum atomic E-state index is -0.240. The number of hydrogen-bond acceptors (Lipinski definition) is 3. The fourth-order valence-electron chi connectivity index (χ4n) is 2.99. The SMILES string of the molecule is O=C(CN1CCCC1CCCO)NCCc1ccc(F)cc1. The summed E-state index contributed by atoms with van der Waals surface area (Å²) in [5, 5.41) is 11.8. The second-order valence-electron chi connectivity index (χ2n) is 5.86. The van der Waals surface area contributed by atoms with Crippen molar-refractivity contribution in [3.05, 3.63) is 35.6 Å². The van der Waals surface area contributed by atoms with E-state index in [1.54, 1.807) is 12.1 Å². The van der Waals surface area contributed by atoms with E-state index in [1.165, 1.54) is 12.1 Å². The van der Waals surface area contributed by atoms with E-state index in [4.69, 9.17) is 5.11 Å². The van der Waals surface area contributed by atoms with Crippen molar-refractivity contribution < 1.29 is 14.3 Å². The van der Waals surface area contributed by atoms with E-state index >= 15 is 0 Å². The molecule has 0 bridgehead atoms. The maximum absolute atomic E-state index is 12.8. The number of halogens is 1. The number of likely N-dealkylation sites (tertiary alicyclic amines) is 1. The van der Waals surface area contributed by atoms with Crippen LogP contribution in [0, 0.1) is 5.82 Å². The maximum Gasteiger partial charge on any atom is 0.234 e. The molecule has 0 aromatic heterocycles. The monoisotopic (exact) mass is 308 g/mol. The van der Waals surface area contributed by atoms with Gasteiger partial charge in [0.2, 0.25) is 5.91 Å². The predicted molar refractivity (Wildman–Crippen MR) is 84.0 cm³/mol. The van der Waals surface area contributed by atoms with Crippen LogP contribution < -0.4 is 5.32 Å². The molecule has 1 amide bonds. The van der Waals surface area contributed by atoms with Gasteiger partial charge in [-0.1, -0.05) is 12.1 Å². The highest BCUT2D eigenvalue weighted by molar-refractivity contribution is 5.78. The van der Waals surface area contributed by atoms with Crippen molar-refractivity contribution >= 4 is 5.91 Å². The van der Waals surface area contributed by atoms with Gasteiger partial charge in [-0.05, 0) is 56.3 Å². The lowest BCUT2D eigenvalue weighted by Crippen LogP contribution is -2.40. The van der Waals surface area contributed by atoms with Gasteiger partial charge < -0.3 is 10.4 Å². The van der Waals surface area contributed by atoms with Gasteiger partial charge in [0.15, 0.2) is 0 Å². The zero-order valence-corrected chi connectivity index (χ0v) is 12.9. The fraction of sp³-hybridized carbons (Fsp3) is 0.588. The van der Waals surface area contributed by atoms with Crippen molar-refractivity contribution in [2.75, 3.05) is 26.2 Å². The maximum atomic E-state index is 12.8. The van der Waals surface area contributed by atoms with Crippen LogP contribution in [-0.2, 0) is 11.2 Å². The number of rotatable bonds is 8. The Bertz CT molecular complexity index is 464. The van der Waals surface area contributed by atoms with E-state index in [1.807, 2.05) is 0 Å². The van der Waals surface area contributed by atoms with Gasteiger partial charge in [0.1, 0.15) is 5.82 Å². The Morgan fingerprint density at radius 1 is 1.36 bits per heavy atom. The van der Waals surface area contributed by atoms with Gasteiger partial charge in [-0.3, -0.25) is 9.69 Å². The van der Waals surface area contributed by atoms with E-state index in [-0.39, 0.29) is 18.3 Å². The second kappa shape index (κ2) is 8.86. The van der Waals surface area contributed by atoms with Gasteiger partial charge in [-0.2, -0.15) is 0 Å². The van der Waals surface area contributed by atoms with Gasteiger partial charge in [-0.15, -0.1) is 0 Å². The molecule has 1 aliphatic heterocycles. The normalized spacial score (nSPS) is 18.5. The lowest BCUT2D eigenvalue weighted by molar-refractivity contribution is -0.122. The molecule has 122 valence electrons. The number of aliphatic hydroxyl groups is 1. The number of benzene rings is 1. The molecule has 22 heavy (non-hydrogen) atoms. The van der Waals surface area contributed by atoms with E-state index in [0.29, 0.717) is 25.6 Å².